The van der Waals surface area contributed by atoms with Crippen molar-refractivity contribution >= 4 is 23.1 Å². The van der Waals surface area contributed by atoms with Gasteiger partial charge in [-0.05, 0) is 36.6 Å². The Labute approximate surface area is 171 Å². The molecule has 0 amide bonds. The summed E-state index contributed by atoms with van der Waals surface area (Å²) >= 11 is 6.01. The van der Waals surface area contributed by atoms with Crippen molar-refractivity contribution in [2.75, 3.05) is 0 Å². The first-order valence-corrected chi connectivity index (χ1v) is 9.75. The second-order valence-corrected chi connectivity index (χ2v) is 7.62. The SMILES string of the molecule is [C-]#[N+]c1cnc2ccc(-c3c(-c4ccc(F)c(Cl)c4)ncn3CCC3CC3)nn12. The van der Waals surface area contributed by atoms with Gasteiger partial charge in [0.25, 0.3) is 5.82 Å². The van der Waals surface area contributed by atoms with Crippen LogP contribution in [-0.4, -0.2) is 24.1 Å². The first-order chi connectivity index (χ1) is 14.1. The van der Waals surface area contributed by atoms with Crippen molar-refractivity contribution in [3.63, 3.8) is 0 Å². The lowest BCUT2D eigenvalue weighted by atomic mass is 10.1. The average molecular weight is 407 g/mol. The molecule has 1 saturated carbocycles. The van der Waals surface area contributed by atoms with Crippen molar-refractivity contribution in [2.45, 2.75) is 25.8 Å². The molecule has 3 aromatic heterocycles. The van der Waals surface area contributed by atoms with Crippen molar-refractivity contribution in [1.29, 1.82) is 0 Å². The first kappa shape index (κ1) is 17.8. The summed E-state index contributed by atoms with van der Waals surface area (Å²) in [6.07, 6.45) is 6.92. The summed E-state index contributed by atoms with van der Waals surface area (Å²) in [5, 5.41) is 4.70. The molecule has 144 valence electrons. The van der Waals surface area contributed by atoms with E-state index in [1.807, 2.05) is 12.1 Å². The smallest absolute Gasteiger partial charge is 0.275 e. The van der Waals surface area contributed by atoms with E-state index in [9.17, 15) is 4.39 Å². The summed E-state index contributed by atoms with van der Waals surface area (Å²) in [5.74, 6) is 0.647. The van der Waals surface area contributed by atoms with Gasteiger partial charge in [0.1, 0.15) is 11.5 Å². The molecule has 0 atom stereocenters. The molecule has 29 heavy (non-hydrogen) atoms. The number of rotatable bonds is 5. The Bertz CT molecular complexity index is 1260. The highest BCUT2D eigenvalue weighted by atomic mass is 35.5. The second kappa shape index (κ2) is 6.98. The van der Waals surface area contributed by atoms with Gasteiger partial charge in [0, 0.05) is 18.2 Å². The van der Waals surface area contributed by atoms with Gasteiger partial charge in [0.15, 0.2) is 0 Å². The van der Waals surface area contributed by atoms with E-state index in [1.54, 1.807) is 18.5 Å². The Morgan fingerprint density at radius 3 is 2.83 bits per heavy atom. The van der Waals surface area contributed by atoms with Crippen LogP contribution in [0.3, 0.4) is 0 Å². The van der Waals surface area contributed by atoms with E-state index in [4.69, 9.17) is 18.2 Å². The third-order valence-electron chi connectivity index (χ3n) is 5.21. The fraction of sp³-hybridized carbons (Fsp3) is 0.238. The fourth-order valence-corrected chi connectivity index (χ4v) is 3.65. The molecule has 4 aromatic rings. The maximum Gasteiger partial charge on any atom is 0.275 e. The highest BCUT2D eigenvalue weighted by Gasteiger charge is 2.23. The first-order valence-electron chi connectivity index (χ1n) is 9.37. The average Bonchev–Trinajstić information content (AvgIpc) is 3.32. The summed E-state index contributed by atoms with van der Waals surface area (Å²) in [4.78, 5) is 12.3. The maximum absolute atomic E-state index is 13.7. The van der Waals surface area contributed by atoms with Crippen molar-refractivity contribution < 1.29 is 4.39 Å². The summed E-state index contributed by atoms with van der Waals surface area (Å²) in [6.45, 7) is 8.15. The van der Waals surface area contributed by atoms with Crippen LogP contribution in [0.2, 0.25) is 5.02 Å². The summed E-state index contributed by atoms with van der Waals surface area (Å²) < 4.78 is 17.3. The summed E-state index contributed by atoms with van der Waals surface area (Å²) in [5.41, 5.74) is 3.49. The van der Waals surface area contributed by atoms with Crippen LogP contribution >= 0.6 is 11.6 Å². The molecule has 3 heterocycles. The molecule has 0 N–H and O–H groups in total. The lowest BCUT2D eigenvalue weighted by Crippen LogP contribution is -2.03. The van der Waals surface area contributed by atoms with E-state index in [0.29, 0.717) is 22.9 Å². The minimum absolute atomic E-state index is 0.0503. The molecule has 1 aliphatic rings. The van der Waals surface area contributed by atoms with E-state index < -0.39 is 5.82 Å². The Kier molecular flexibility index (Phi) is 4.29. The molecular weight excluding hydrogens is 391 g/mol. The van der Waals surface area contributed by atoms with Crippen LogP contribution in [0.25, 0.3) is 33.1 Å². The summed E-state index contributed by atoms with van der Waals surface area (Å²) in [7, 11) is 0. The number of halogens is 2. The number of hydrogen-bond acceptors (Lipinski definition) is 3. The van der Waals surface area contributed by atoms with Gasteiger partial charge < -0.3 is 9.41 Å². The van der Waals surface area contributed by atoms with Gasteiger partial charge in [-0.1, -0.05) is 36.1 Å². The lowest BCUT2D eigenvalue weighted by molar-refractivity contribution is 0.599. The molecule has 0 bridgehead atoms. The van der Waals surface area contributed by atoms with E-state index in [0.717, 1.165) is 30.1 Å². The molecule has 1 fully saturated rings. The molecule has 0 saturated heterocycles. The van der Waals surface area contributed by atoms with E-state index in [2.05, 4.69) is 24.5 Å². The van der Waals surface area contributed by atoms with Gasteiger partial charge in [-0.2, -0.15) is 0 Å². The summed E-state index contributed by atoms with van der Waals surface area (Å²) in [6, 6.07) is 8.28. The molecular formula is C21H16ClFN6. The molecule has 6 nitrogen and oxygen atoms in total. The minimum Gasteiger partial charge on any atom is -0.360 e. The number of aryl methyl sites for hydroxylation is 1. The second-order valence-electron chi connectivity index (χ2n) is 7.21. The van der Waals surface area contributed by atoms with Crippen molar-refractivity contribution in [3.8, 4) is 22.6 Å². The molecule has 0 radical (unpaired) electrons. The van der Waals surface area contributed by atoms with Crippen LogP contribution in [-0.2, 0) is 6.54 Å². The third-order valence-corrected chi connectivity index (χ3v) is 5.50. The Hall–Kier alpha value is -3.24. The highest BCUT2D eigenvalue weighted by molar-refractivity contribution is 6.31. The van der Waals surface area contributed by atoms with Gasteiger partial charge in [0.2, 0.25) is 5.65 Å². The Morgan fingerprint density at radius 1 is 1.21 bits per heavy atom. The van der Waals surface area contributed by atoms with Gasteiger partial charge in [-0.25, -0.2) is 14.4 Å². The van der Waals surface area contributed by atoms with Crippen LogP contribution in [0.5, 0.6) is 0 Å². The van der Waals surface area contributed by atoms with Gasteiger partial charge >= 0.3 is 0 Å². The quantitative estimate of drug-likeness (QED) is 0.417. The Morgan fingerprint density at radius 2 is 2.07 bits per heavy atom. The molecule has 1 aromatic carbocycles. The molecule has 0 unspecified atom stereocenters. The molecule has 1 aliphatic carbocycles. The Balaban J connectivity index is 1.67. The lowest BCUT2D eigenvalue weighted by Gasteiger charge is -2.10. The predicted molar refractivity (Wildman–Crippen MR) is 108 cm³/mol. The molecule has 8 heteroatoms. The van der Waals surface area contributed by atoms with Crippen molar-refractivity contribution in [1.82, 2.24) is 24.1 Å². The van der Waals surface area contributed by atoms with Crippen LogP contribution in [0.4, 0.5) is 10.2 Å². The third kappa shape index (κ3) is 3.26. The fourth-order valence-electron chi connectivity index (χ4n) is 3.47. The zero-order valence-corrected chi connectivity index (χ0v) is 16.1. The minimum atomic E-state index is -0.468. The van der Waals surface area contributed by atoms with Crippen LogP contribution in [0.1, 0.15) is 19.3 Å². The predicted octanol–water partition coefficient (Wildman–Crippen LogP) is 5.40. The number of imidazole rings is 2. The zero-order chi connectivity index (χ0) is 20.0. The molecule has 5 rings (SSSR count). The number of benzene rings is 1. The number of fused-ring (bicyclic) bond motifs is 1. The van der Waals surface area contributed by atoms with Crippen molar-refractivity contribution in [3.05, 3.63) is 65.1 Å². The van der Waals surface area contributed by atoms with Crippen LogP contribution in [0.15, 0.2) is 42.9 Å². The number of hydrogen-bond donors (Lipinski definition) is 0. The largest absolute Gasteiger partial charge is 0.360 e. The normalized spacial score (nSPS) is 13.7. The molecule has 0 aliphatic heterocycles. The standard InChI is InChI=1S/C21H16ClFN6/c1-24-19-11-25-18-7-6-17(27-29(18)19)21-20(14-4-5-16(23)15(22)10-14)26-12-28(21)9-8-13-2-3-13/h4-7,10-13H,2-3,8-9H2. The number of aromatic nitrogens is 5. The van der Waals surface area contributed by atoms with E-state index in [1.165, 1.54) is 29.6 Å². The van der Waals surface area contributed by atoms with E-state index in [-0.39, 0.29) is 5.02 Å². The molecule has 0 spiro atoms. The van der Waals surface area contributed by atoms with Gasteiger partial charge in [-0.15, -0.1) is 4.52 Å². The van der Waals surface area contributed by atoms with Crippen molar-refractivity contribution in [2.24, 2.45) is 5.92 Å². The highest BCUT2D eigenvalue weighted by Crippen LogP contribution is 2.36. The maximum atomic E-state index is 13.7. The zero-order valence-electron chi connectivity index (χ0n) is 15.4. The van der Waals surface area contributed by atoms with Gasteiger partial charge in [0.05, 0.1) is 28.9 Å². The van der Waals surface area contributed by atoms with E-state index >= 15 is 0 Å². The van der Waals surface area contributed by atoms with Crippen LogP contribution in [0, 0.1) is 18.3 Å². The topological polar surface area (TPSA) is 52.4 Å². The van der Waals surface area contributed by atoms with Crippen LogP contribution < -0.4 is 0 Å². The monoisotopic (exact) mass is 406 g/mol. The number of nitrogens with zero attached hydrogens (tertiary/aromatic N) is 6. The van der Waals surface area contributed by atoms with Gasteiger partial charge in [-0.3, -0.25) is 0 Å².